The van der Waals surface area contributed by atoms with Gasteiger partial charge in [0.1, 0.15) is 0 Å². The molecule has 0 saturated carbocycles. The number of para-hydroxylation sites is 1. The second-order valence-corrected chi connectivity index (χ2v) is 6.24. The van der Waals surface area contributed by atoms with Crippen LogP contribution in [0.15, 0.2) is 24.3 Å². The SMILES string of the molecule is CCCCOc1cccc[c]1[Mg][CH2]CCC.Cl. The molecule has 0 aliphatic rings. The molecule has 0 spiro atoms. The van der Waals surface area contributed by atoms with E-state index in [9.17, 15) is 0 Å². The van der Waals surface area contributed by atoms with Crippen molar-refractivity contribution in [2.75, 3.05) is 6.61 Å². The Bertz CT molecular complexity index is 262. The first-order valence-corrected chi connectivity index (χ1v) is 8.30. The lowest BCUT2D eigenvalue weighted by atomic mass is 10.3. The molecule has 0 unspecified atom stereocenters. The first kappa shape index (κ1) is 17.1. The molecule has 0 bridgehead atoms. The Morgan fingerprint density at radius 2 is 1.76 bits per heavy atom. The molecule has 0 aliphatic heterocycles. The van der Waals surface area contributed by atoms with Crippen molar-refractivity contribution in [3.63, 3.8) is 0 Å². The lowest BCUT2D eigenvalue weighted by Crippen LogP contribution is -2.17. The summed E-state index contributed by atoms with van der Waals surface area (Å²) in [5, 5.41) is 0. The third-order valence-electron chi connectivity index (χ3n) is 2.78. The highest BCUT2D eigenvalue weighted by atomic mass is 35.5. The van der Waals surface area contributed by atoms with Gasteiger partial charge in [0.25, 0.3) is 0 Å². The van der Waals surface area contributed by atoms with Crippen molar-refractivity contribution in [1.82, 2.24) is 0 Å². The molecule has 17 heavy (non-hydrogen) atoms. The van der Waals surface area contributed by atoms with Gasteiger partial charge in [0.2, 0.25) is 0 Å². The average molecular weight is 267 g/mol. The van der Waals surface area contributed by atoms with Gasteiger partial charge in [0.15, 0.2) is 0 Å². The summed E-state index contributed by atoms with van der Waals surface area (Å²) in [4.78, 5) is 0. The quantitative estimate of drug-likeness (QED) is 0.513. The number of hydrogen-bond acceptors (Lipinski definition) is 1. The van der Waals surface area contributed by atoms with Crippen LogP contribution in [0.5, 0.6) is 5.75 Å². The van der Waals surface area contributed by atoms with Crippen LogP contribution in [0.4, 0.5) is 0 Å². The Hall–Kier alpha value is 0.0762. The molecule has 0 radical (unpaired) electrons. The maximum Gasteiger partial charge on any atom is 0.414 e. The largest absolute Gasteiger partial charge is 0.496 e. The van der Waals surface area contributed by atoms with Gasteiger partial charge >= 0.3 is 20.4 Å². The molecule has 0 N–H and O–H groups in total. The Balaban J connectivity index is 0.00000256. The molecular weight excluding hydrogens is 244 g/mol. The second kappa shape index (κ2) is 11.2. The summed E-state index contributed by atoms with van der Waals surface area (Å²) in [5.41, 5.74) is 0. The summed E-state index contributed by atoms with van der Waals surface area (Å²) in [7, 11) is 0. The van der Waals surface area contributed by atoms with Gasteiger partial charge in [-0.1, -0.05) is 51.3 Å². The number of hydrogen-bond donors (Lipinski definition) is 0. The van der Waals surface area contributed by atoms with Crippen LogP contribution in [-0.4, -0.2) is 27.0 Å². The molecule has 0 amide bonds. The Morgan fingerprint density at radius 1 is 1.06 bits per heavy atom. The topological polar surface area (TPSA) is 9.23 Å². The van der Waals surface area contributed by atoms with Crippen molar-refractivity contribution < 1.29 is 4.74 Å². The van der Waals surface area contributed by atoms with Crippen molar-refractivity contribution in [3.8, 4) is 5.75 Å². The zero-order valence-corrected chi connectivity index (χ0v) is 13.3. The summed E-state index contributed by atoms with van der Waals surface area (Å²) in [6, 6.07) is 8.60. The molecule has 94 valence electrons. The first-order chi connectivity index (χ1) is 7.88. The van der Waals surface area contributed by atoms with Gasteiger partial charge in [-0.15, -0.1) is 20.6 Å². The van der Waals surface area contributed by atoms with Crippen molar-refractivity contribution in [2.45, 2.75) is 44.1 Å². The van der Waals surface area contributed by atoms with Gasteiger partial charge < -0.3 is 4.74 Å². The smallest absolute Gasteiger partial charge is 0.414 e. The van der Waals surface area contributed by atoms with Crippen LogP contribution in [-0.2, 0) is 0 Å². The summed E-state index contributed by atoms with van der Waals surface area (Å²) >= 11 is -0.111. The fourth-order valence-corrected chi connectivity index (χ4v) is 3.64. The average Bonchev–Trinajstić information content (AvgIpc) is 2.32. The van der Waals surface area contributed by atoms with Crippen molar-refractivity contribution >= 4 is 36.5 Å². The highest BCUT2D eigenvalue weighted by Crippen LogP contribution is 2.08. The summed E-state index contributed by atoms with van der Waals surface area (Å²) in [6.07, 6.45) is 5.04. The monoisotopic (exact) mass is 266 g/mol. The van der Waals surface area contributed by atoms with Crippen molar-refractivity contribution in [3.05, 3.63) is 24.3 Å². The standard InChI is InChI=1S/C10H13O.C4H9.ClH.Mg/c1-2-3-9-11-10-7-5-4-6-8-10;1-3-4-2;;/h4-7H,2-3,9H2,1H3;1,3-4H2,2H3;1H;. The van der Waals surface area contributed by atoms with E-state index in [0.29, 0.717) is 0 Å². The molecule has 0 fully saturated rings. The van der Waals surface area contributed by atoms with E-state index in [1.807, 2.05) is 0 Å². The van der Waals surface area contributed by atoms with Crippen molar-refractivity contribution in [1.29, 1.82) is 0 Å². The molecule has 0 atom stereocenters. The molecule has 0 aliphatic carbocycles. The number of benzene rings is 1. The molecular formula is C14H23ClMgO. The molecule has 0 saturated heterocycles. The fourth-order valence-electron chi connectivity index (χ4n) is 1.74. The third-order valence-corrected chi connectivity index (χ3v) is 4.75. The zero-order valence-electron chi connectivity index (χ0n) is 11.1. The number of ether oxygens (including phenoxy) is 1. The predicted octanol–water partition coefficient (Wildman–Crippen LogP) is 3.84. The Kier molecular flexibility index (Phi) is 11.2. The van der Waals surface area contributed by atoms with Crippen LogP contribution in [0.25, 0.3) is 0 Å². The van der Waals surface area contributed by atoms with Crippen LogP contribution < -0.4 is 8.43 Å². The van der Waals surface area contributed by atoms with Gasteiger partial charge in [-0.3, -0.25) is 0 Å². The maximum absolute atomic E-state index is 5.84. The normalized spacial score (nSPS) is 9.29. The van der Waals surface area contributed by atoms with Gasteiger partial charge in [-0.05, 0) is 12.5 Å². The van der Waals surface area contributed by atoms with Crippen LogP contribution in [0, 0.1) is 0 Å². The van der Waals surface area contributed by atoms with Gasteiger partial charge in [0, 0.05) is 0 Å². The number of rotatable bonds is 8. The molecule has 3 heteroatoms. The maximum atomic E-state index is 5.84. The summed E-state index contributed by atoms with van der Waals surface area (Å²) < 4.78 is 8.76. The number of unbranched alkanes of at least 4 members (excludes halogenated alkanes) is 2. The lowest BCUT2D eigenvalue weighted by Gasteiger charge is -2.11. The van der Waals surface area contributed by atoms with Gasteiger partial charge in [-0.2, -0.15) is 0 Å². The van der Waals surface area contributed by atoms with Crippen LogP contribution >= 0.6 is 12.4 Å². The van der Waals surface area contributed by atoms with Crippen molar-refractivity contribution in [2.24, 2.45) is 0 Å². The molecule has 1 aromatic rings. The highest BCUT2D eigenvalue weighted by molar-refractivity contribution is 6.54. The van der Waals surface area contributed by atoms with E-state index in [1.54, 1.807) is 0 Å². The fraction of sp³-hybridized carbons (Fsp3) is 0.571. The second-order valence-electron chi connectivity index (χ2n) is 4.27. The minimum atomic E-state index is -0.111. The Morgan fingerprint density at radius 3 is 2.47 bits per heavy atom. The van der Waals surface area contributed by atoms with Gasteiger partial charge in [0.05, 0.1) is 12.4 Å². The summed E-state index contributed by atoms with van der Waals surface area (Å²) in [5.74, 6) is 1.15. The minimum Gasteiger partial charge on any atom is -0.496 e. The van der Waals surface area contributed by atoms with E-state index in [0.717, 1.165) is 18.8 Å². The lowest BCUT2D eigenvalue weighted by molar-refractivity contribution is 0.312. The highest BCUT2D eigenvalue weighted by Gasteiger charge is 2.05. The van der Waals surface area contributed by atoms with Crippen LogP contribution in [0.2, 0.25) is 4.55 Å². The molecule has 1 nitrogen and oxygen atoms in total. The van der Waals surface area contributed by atoms with E-state index < -0.39 is 0 Å². The van der Waals surface area contributed by atoms with E-state index in [2.05, 4.69) is 38.1 Å². The van der Waals surface area contributed by atoms with E-state index >= 15 is 0 Å². The molecule has 0 aromatic heterocycles. The van der Waals surface area contributed by atoms with Crippen LogP contribution in [0.3, 0.4) is 0 Å². The van der Waals surface area contributed by atoms with Gasteiger partial charge in [-0.25, -0.2) is 0 Å². The minimum absolute atomic E-state index is 0. The zero-order chi connectivity index (χ0) is 11.6. The first-order valence-electron chi connectivity index (χ1n) is 6.59. The summed E-state index contributed by atoms with van der Waals surface area (Å²) in [6.45, 7) is 5.33. The predicted molar refractivity (Wildman–Crippen MR) is 79.2 cm³/mol. The van der Waals surface area contributed by atoms with E-state index in [-0.39, 0.29) is 32.8 Å². The van der Waals surface area contributed by atoms with E-state index in [1.165, 1.54) is 27.5 Å². The molecule has 1 aromatic carbocycles. The third kappa shape index (κ3) is 7.17. The van der Waals surface area contributed by atoms with Crippen LogP contribution in [0.1, 0.15) is 39.5 Å². The number of halogens is 1. The Labute approximate surface area is 121 Å². The molecule has 0 heterocycles. The molecule has 1 rings (SSSR count). The van der Waals surface area contributed by atoms with E-state index in [4.69, 9.17) is 4.74 Å².